The van der Waals surface area contributed by atoms with E-state index >= 15 is 0 Å². The van der Waals surface area contributed by atoms with Crippen molar-refractivity contribution in [2.75, 3.05) is 10.6 Å². The average molecular weight is 506 g/mol. The third-order valence-electron chi connectivity index (χ3n) is 2.80. The predicted molar refractivity (Wildman–Crippen MR) is 102 cm³/mol. The van der Waals surface area contributed by atoms with Crippen molar-refractivity contribution in [1.29, 1.82) is 0 Å². The first-order chi connectivity index (χ1) is 10.0. The van der Waals surface area contributed by atoms with Crippen molar-refractivity contribution in [3.8, 4) is 0 Å². The van der Waals surface area contributed by atoms with Crippen LogP contribution in [-0.2, 0) is 6.42 Å². The maximum absolute atomic E-state index is 10.9. The predicted octanol–water partition coefficient (Wildman–Crippen LogP) is 5.21. The van der Waals surface area contributed by atoms with E-state index < -0.39 is 0 Å². The molecule has 0 unspecified atom stereocenters. The first kappa shape index (κ1) is 16.2. The number of halogens is 2. The molecule has 0 aliphatic heterocycles. The summed E-state index contributed by atoms with van der Waals surface area (Å²) >= 11 is 3.41. The highest BCUT2D eigenvalue weighted by molar-refractivity contribution is 14.1. The minimum Gasteiger partial charge on any atom is -0.317 e. The van der Waals surface area contributed by atoms with Gasteiger partial charge in [0.15, 0.2) is 0 Å². The lowest BCUT2D eigenvalue weighted by atomic mass is 10.0. The van der Waals surface area contributed by atoms with Crippen LogP contribution in [0.3, 0.4) is 0 Å². The number of benzene rings is 2. The number of hydrogen-bond donors (Lipinski definition) is 2. The van der Waals surface area contributed by atoms with E-state index in [1.807, 2.05) is 48.5 Å². The van der Waals surface area contributed by atoms with Gasteiger partial charge in [-0.1, -0.05) is 24.3 Å². The van der Waals surface area contributed by atoms with Crippen molar-refractivity contribution in [3.63, 3.8) is 0 Å². The lowest BCUT2D eigenvalue weighted by Gasteiger charge is -2.06. The molecule has 0 fully saturated rings. The molecule has 0 radical (unpaired) electrons. The number of carbonyl (C=O) groups excluding carboxylic acids is 2. The number of hydrogen-bond acceptors (Lipinski definition) is 2. The van der Waals surface area contributed by atoms with Gasteiger partial charge in [0.2, 0.25) is 0 Å². The average Bonchev–Trinajstić information content (AvgIpc) is 2.42. The van der Waals surface area contributed by atoms with Crippen molar-refractivity contribution in [2.45, 2.75) is 6.42 Å². The second-order valence-corrected chi connectivity index (χ2v) is 6.33. The van der Waals surface area contributed by atoms with Crippen molar-refractivity contribution in [1.82, 2.24) is 0 Å². The van der Waals surface area contributed by atoms with Gasteiger partial charge >= 0.3 is 0 Å². The Hall–Kier alpha value is -1.16. The van der Waals surface area contributed by atoms with E-state index in [0.717, 1.165) is 28.9 Å². The molecule has 0 aliphatic rings. The fourth-order valence-electron chi connectivity index (χ4n) is 1.87. The van der Waals surface area contributed by atoms with Gasteiger partial charge in [0.25, 0.3) is 7.83 Å². The second-order valence-electron chi connectivity index (χ2n) is 4.37. The summed E-state index contributed by atoms with van der Waals surface area (Å²) in [6.07, 6.45) is 0.803. The molecule has 108 valence electrons. The third kappa shape index (κ3) is 5.62. The summed E-state index contributed by atoms with van der Waals surface area (Å²) in [5, 5.41) is 5.46. The summed E-state index contributed by atoms with van der Waals surface area (Å²) in [4.78, 5) is 21.9. The molecule has 6 heteroatoms. The van der Waals surface area contributed by atoms with Crippen LogP contribution in [0.25, 0.3) is 0 Å². The van der Waals surface area contributed by atoms with Crippen LogP contribution in [0, 0.1) is 0 Å². The summed E-state index contributed by atoms with van der Waals surface area (Å²) in [6.45, 7) is 0. The number of carbonyl (C=O) groups is 2. The molecule has 2 amide bonds. The molecule has 0 bridgehead atoms. The Morgan fingerprint density at radius 3 is 1.33 bits per heavy atom. The molecule has 4 nitrogen and oxygen atoms in total. The number of nitrogens with one attached hydrogen (secondary N) is 2. The van der Waals surface area contributed by atoms with E-state index in [9.17, 15) is 9.59 Å². The lowest BCUT2D eigenvalue weighted by molar-refractivity contribution is 0.271. The summed E-state index contributed by atoms with van der Waals surface area (Å²) in [5.74, 6) is 0. The van der Waals surface area contributed by atoms with E-state index in [4.69, 9.17) is 0 Å². The highest BCUT2D eigenvalue weighted by atomic mass is 127. The van der Waals surface area contributed by atoms with Crippen LogP contribution >= 0.6 is 45.2 Å². The highest BCUT2D eigenvalue weighted by Crippen LogP contribution is 2.16. The number of anilines is 2. The molecule has 0 aliphatic carbocycles. The Kier molecular flexibility index (Phi) is 5.97. The minimum atomic E-state index is -0.103. The van der Waals surface area contributed by atoms with Gasteiger partial charge in [0.1, 0.15) is 0 Å². The molecule has 0 spiro atoms. The van der Waals surface area contributed by atoms with Crippen molar-refractivity contribution >= 4 is 64.4 Å². The van der Waals surface area contributed by atoms with Crippen LogP contribution in [-0.4, -0.2) is 7.83 Å². The fourth-order valence-corrected chi connectivity index (χ4v) is 2.50. The molecule has 21 heavy (non-hydrogen) atoms. The van der Waals surface area contributed by atoms with Gasteiger partial charge in [-0.3, -0.25) is 9.59 Å². The first-order valence-electron chi connectivity index (χ1n) is 6.14. The summed E-state index contributed by atoms with van der Waals surface area (Å²) in [5.41, 5.74) is 3.90. The molecule has 2 aromatic carbocycles. The van der Waals surface area contributed by atoms with Crippen molar-refractivity contribution in [3.05, 3.63) is 59.7 Å². The monoisotopic (exact) mass is 506 g/mol. The molecule has 2 N–H and O–H groups in total. The van der Waals surface area contributed by atoms with Crippen LogP contribution in [0.4, 0.5) is 21.0 Å². The zero-order valence-corrected chi connectivity index (χ0v) is 15.2. The summed E-state index contributed by atoms with van der Waals surface area (Å²) in [6, 6.07) is 15.5. The summed E-state index contributed by atoms with van der Waals surface area (Å²) < 4.78 is -0.207. The van der Waals surface area contributed by atoms with Crippen molar-refractivity contribution in [2.24, 2.45) is 0 Å². The van der Waals surface area contributed by atoms with E-state index in [0.29, 0.717) is 0 Å². The second kappa shape index (κ2) is 7.74. The minimum absolute atomic E-state index is 0.103. The van der Waals surface area contributed by atoms with Gasteiger partial charge in [0, 0.05) is 56.6 Å². The van der Waals surface area contributed by atoms with E-state index in [-0.39, 0.29) is 7.83 Å². The molecule has 2 aromatic rings. The molecule has 2 rings (SSSR count). The zero-order valence-electron chi connectivity index (χ0n) is 10.9. The normalized spacial score (nSPS) is 10.0. The molecular weight excluding hydrogens is 494 g/mol. The van der Waals surface area contributed by atoms with Crippen molar-refractivity contribution < 1.29 is 9.59 Å². The standard InChI is InChI=1S/C15H12I2N2O2/c16-14(20)18-12-5-1-10(2-6-12)9-11-3-7-13(8-4-11)19-15(17)21/h1-8H,9H2,(H,18,20)(H,19,21). The fraction of sp³-hybridized carbons (Fsp3) is 0.0667. The molecule has 0 saturated heterocycles. The topological polar surface area (TPSA) is 58.2 Å². The van der Waals surface area contributed by atoms with Crippen LogP contribution < -0.4 is 10.6 Å². The third-order valence-corrected chi connectivity index (χ3v) is 3.34. The molecule has 0 heterocycles. The quantitative estimate of drug-likeness (QED) is 0.340. The van der Waals surface area contributed by atoms with E-state index in [1.165, 1.54) is 0 Å². The van der Waals surface area contributed by atoms with Crippen LogP contribution in [0.15, 0.2) is 48.5 Å². The molecular formula is C15H12I2N2O2. The molecule has 0 aromatic heterocycles. The lowest BCUT2D eigenvalue weighted by Crippen LogP contribution is -2.00. The van der Waals surface area contributed by atoms with Crippen LogP contribution in [0.5, 0.6) is 0 Å². The molecule has 0 atom stereocenters. The van der Waals surface area contributed by atoms with E-state index in [1.54, 1.807) is 45.2 Å². The largest absolute Gasteiger partial charge is 0.317 e. The first-order valence-corrected chi connectivity index (χ1v) is 8.29. The Bertz CT molecular complexity index is 582. The Morgan fingerprint density at radius 1 is 0.714 bits per heavy atom. The maximum Gasteiger partial charge on any atom is 0.284 e. The van der Waals surface area contributed by atoms with Gasteiger partial charge in [-0.25, -0.2) is 0 Å². The van der Waals surface area contributed by atoms with Crippen LogP contribution in [0.1, 0.15) is 11.1 Å². The highest BCUT2D eigenvalue weighted by Gasteiger charge is 2.01. The van der Waals surface area contributed by atoms with Gasteiger partial charge < -0.3 is 10.6 Å². The number of amides is 2. The zero-order chi connectivity index (χ0) is 15.2. The van der Waals surface area contributed by atoms with E-state index in [2.05, 4.69) is 10.6 Å². The Morgan fingerprint density at radius 2 is 1.05 bits per heavy atom. The Balaban J connectivity index is 2.01. The smallest absolute Gasteiger partial charge is 0.284 e. The molecule has 0 saturated carbocycles. The maximum atomic E-state index is 10.9. The van der Waals surface area contributed by atoms with Gasteiger partial charge in [-0.15, -0.1) is 0 Å². The number of rotatable bonds is 4. The van der Waals surface area contributed by atoms with Crippen LogP contribution in [0.2, 0.25) is 0 Å². The van der Waals surface area contributed by atoms with Gasteiger partial charge in [-0.05, 0) is 41.8 Å². The van der Waals surface area contributed by atoms with Gasteiger partial charge in [-0.2, -0.15) is 0 Å². The van der Waals surface area contributed by atoms with Gasteiger partial charge in [0.05, 0.1) is 0 Å². The SMILES string of the molecule is O=C(I)Nc1ccc(Cc2ccc(NC(=O)I)cc2)cc1. The Labute approximate surface area is 150 Å². The summed E-state index contributed by atoms with van der Waals surface area (Å²) in [7, 11) is 0.